The monoisotopic (exact) mass is 241 g/mol. The lowest BCUT2D eigenvalue weighted by molar-refractivity contribution is -0.116. The van der Waals surface area contributed by atoms with E-state index >= 15 is 0 Å². The number of nitrogens with zero attached hydrogens (tertiary/aromatic N) is 2. The average molecular weight is 241 g/mol. The molecule has 1 rings (SSSR count). The Bertz CT molecular complexity index is 325. The van der Waals surface area contributed by atoms with Crippen LogP contribution in [0.3, 0.4) is 0 Å². The lowest BCUT2D eigenvalue weighted by atomic mass is 10.1. The van der Waals surface area contributed by atoms with Crippen LogP contribution in [0.2, 0.25) is 0 Å². The first-order chi connectivity index (χ1) is 7.72. The lowest BCUT2D eigenvalue weighted by Crippen LogP contribution is -2.10. The number of carbonyl (C=O) groups is 1. The van der Waals surface area contributed by atoms with Crippen molar-refractivity contribution in [1.82, 2.24) is 10.2 Å². The summed E-state index contributed by atoms with van der Waals surface area (Å²) in [5.74, 6) is 0.0487. The fraction of sp³-hybridized carbons (Fsp3) is 0.727. The van der Waals surface area contributed by atoms with E-state index in [4.69, 9.17) is 0 Å². The van der Waals surface area contributed by atoms with Crippen molar-refractivity contribution in [3.05, 3.63) is 5.01 Å². The van der Waals surface area contributed by atoms with Crippen molar-refractivity contribution >= 4 is 22.4 Å². The normalized spacial score (nSPS) is 10.4. The molecule has 0 aliphatic carbocycles. The molecule has 0 aromatic carbocycles. The Morgan fingerprint density at radius 2 is 2.00 bits per heavy atom. The fourth-order valence-electron chi connectivity index (χ4n) is 1.42. The van der Waals surface area contributed by atoms with E-state index in [1.54, 1.807) is 0 Å². The molecule has 1 amide bonds. The molecule has 5 heteroatoms. The van der Waals surface area contributed by atoms with Crippen LogP contribution in [0.25, 0.3) is 0 Å². The van der Waals surface area contributed by atoms with E-state index in [0.717, 1.165) is 17.8 Å². The average Bonchev–Trinajstić information content (AvgIpc) is 2.63. The van der Waals surface area contributed by atoms with Gasteiger partial charge in [-0.3, -0.25) is 4.79 Å². The number of rotatable bonds is 7. The number of unbranched alkanes of at least 4 members (excludes halogenated alkanes) is 4. The first-order valence-corrected chi connectivity index (χ1v) is 6.64. The zero-order valence-electron chi connectivity index (χ0n) is 9.95. The minimum absolute atomic E-state index is 0.0487. The molecule has 0 radical (unpaired) electrons. The van der Waals surface area contributed by atoms with Gasteiger partial charge in [0.1, 0.15) is 5.01 Å². The Balaban J connectivity index is 2.11. The molecule has 0 aliphatic heterocycles. The number of aryl methyl sites for hydroxylation is 1. The smallest absolute Gasteiger partial charge is 0.226 e. The van der Waals surface area contributed by atoms with Crippen molar-refractivity contribution in [2.24, 2.45) is 0 Å². The first kappa shape index (κ1) is 13.1. The Labute approximate surface area is 100 Å². The van der Waals surface area contributed by atoms with Gasteiger partial charge < -0.3 is 5.32 Å². The molecular formula is C11H19N3OS. The van der Waals surface area contributed by atoms with E-state index in [-0.39, 0.29) is 5.91 Å². The minimum Gasteiger partial charge on any atom is -0.301 e. The molecule has 1 aromatic rings. The van der Waals surface area contributed by atoms with Crippen LogP contribution in [-0.2, 0) is 4.79 Å². The van der Waals surface area contributed by atoms with Gasteiger partial charge in [0.25, 0.3) is 0 Å². The number of hydrogen-bond donors (Lipinski definition) is 1. The molecule has 0 atom stereocenters. The topological polar surface area (TPSA) is 54.9 Å². The number of anilines is 1. The van der Waals surface area contributed by atoms with Crippen molar-refractivity contribution in [3.63, 3.8) is 0 Å². The van der Waals surface area contributed by atoms with Gasteiger partial charge in [0, 0.05) is 6.42 Å². The summed E-state index contributed by atoms with van der Waals surface area (Å²) in [7, 11) is 0. The molecule has 0 aliphatic rings. The number of aromatic nitrogens is 2. The predicted molar refractivity (Wildman–Crippen MR) is 66.7 cm³/mol. The molecule has 0 bridgehead atoms. The van der Waals surface area contributed by atoms with Crippen LogP contribution in [-0.4, -0.2) is 16.1 Å². The highest BCUT2D eigenvalue weighted by Crippen LogP contribution is 2.14. The standard InChI is InChI=1S/C11H19N3OS/c1-3-4-5-6-7-8-10(15)12-11-14-13-9(2)16-11/h3-8H2,1-2H3,(H,12,14,15). The van der Waals surface area contributed by atoms with Crippen molar-refractivity contribution < 1.29 is 4.79 Å². The summed E-state index contributed by atoms with van der Waals surface area (Å²) in [6.45, 7) is 4.06. The van der Waals surface area contributed by atoms with Crippen LogP contribution < -0.4 is 5.32 Å². The molecule has 0 fully saturated rings. The summed E-state index contributed by atoms with van der Waals surface area (Å²) in [5.41, 5.74) is 0. The summed E-state index contributed by atoms with van der Waals surface area (Å²) >= 11 is 1.41. The summed E-state index contributed by atoms with van der Waals surface area (Å²) in [6, 6.07) is 0. The highest BCUT2D eigenvalue weighted by Gasteiger charge is 2.05. The maximum absolute atomic E-state index is 11.5. The third-order valence-electron chi connectivity index (χ3n) is 2.28. The molecule has 1 aromatic heterocycles. The SMILES string of the molecule is CCCCCCCC(=O)Nc1nnc(C)s1. The zero-order chi connectivity index (χ0) is 11.8. The van der Waals surface area contributed by atoms with Crippen LogP contribution >= 0.6 is 11.3 Å². The van der Waals surface area contributed by atoms with Gasteiger partial charge in [-0.1, -0.05) is 43.9 Å². The second-order valence-corrected chi connectivity index (χ2v) is 5.02. The quantitative estimate of drug-likeness (QED) is 0.746. The highest BCUT2D eigenvalue weighted by molar-refractivity contribution is 7.15. The summed E-state index contributed by atoms with van der Waals surface area (Å²) in [6.07, 6.45) is 6.40. The third kappa shape index (κ3) is 5.21. The van der Waals surface area contributed by atoms with E-state index in [1.807, 2.05) is 6.92 Å². The Morgan fingerprint density at radius 1 is 1.25 bits per heavy atom. The molecule has 1 N–H and O–H groups in total. The zero-order valence-corrected chi connectivity index (χ0v) is 10.8. The van der Waals surface area contributed by atoms with Crippen molar-refractivity contribution in [2.45, 2.75) is 52.4 Å². The van der Waals surface area contributed by atoms with Gasteiger partial charge in [-0.2, -0.15) is 0 Å². The number of hydrogen-bond acceptors (Lipinski definition) is 4. The summed E-state index contributed by atoms with van der Waals surface area (Å²) in [5, 5.41) is 11.9. The van der Waals surface area contributed by atoms with Crippen LogP contribution in [0, 0.1) is 6.92 Å². The van der Waals surface area contributed by atoms with Gasteiger partial charge in [-0.15, -0.1) is 10.2 Å². The largest absolute Gasteiger partial charge is 0.301 e. The Morgan fingerprint density at radius 3 is 2.62 bits per heavy atom. The van der Waals surface area contributed by atoms with E-state index in [2.05, 4.69) is 22.4 Å². The second-order valence-electron chi connectivity index (χ2n) is 3.84. The van der Waals surface area contributed by atoms with E-state index in [9.17, 15) is 4.79 Å². The van der Waals surface area contributed by atoms with Gasteiger partial charge in [-0.25, -0.2) is 0 Å². The lowest BCUT2D eigenvalue weighted by Gasteiger charge is -2.00. The van der Waals surface area contributed by atoms with Gasteiger partial charge in [0.05, 0.1) is 0 Å². The molecule has 0 unspecified atom stereocenters. The number of nitrogens with one attached hydrogen (secondary N) is 1. The van der Waals surface area contributed by atoms with Crippen molar-refractivity contribution in [2.75, 3.05) is 5.32 Å². The van der Waals surface area contributed by atoms with Crippen molar-refractivity contribution in [1.29, 1.82) is 0 Å². The summed E-state index contributed by atoms with van der Waals surface area (Å²) < 4.78 is 0. The van der Waals surface area contributed by atoms with Gasteiger partial charge in [-0.05, 0) is 13.3 Å². The molecule has 0 saturated heterocycles. The number of carbonyl (C=O) groups excluding carboxylic acids is 1. The maximum Gasteiger partial charge on any atom is 0.226 e. The molecule has 90 valence electrons. The highest BCUT2D eigenvalue weighted by atomic mass is 32.1. The Hall–Kier alpha value is -0.970. The van der Waals surface area contributed by atoms with Crippen LogP contribution in [0.1, 0.15) is 50.5 Å². The second kappa shape index (κ2) is 7.33. The van der Waals surface area contributed by atoms with Crippen molar-refractivity contribution in [3.8, 4) is 0 Å². The number of amides is 1. The van der Waals surface area contributed by atoms with Crippen LogP contribution in [0.15, 0.2) is 0 Å². The first-order valence-electron chi connectivity index (χ1n) is 5.82. The van der Waals surface area contributed by atoms with Gasteiger partial charge >= 0.3 is 0 Å². The molecule has 1 heterocycles. The molecule has 4 nitrogen and oxygen atoms in total. The fourth-order valence-corrected chi connectivity index (χ4v) is 2.03. The van der Waals surface area contributed by atoms with Gasteiger partial charge in [0.2, 0.25) is 11.0 Å². The van der Waals surface area contributed by atoms with Crippen LogP contribution in [0.5, 0.6) is 0 Å². The van der Waals surface area contributed by atoms with E-state index < -0.39 is 0 Å². The maximum atomic E-state index is 11.5. The molecule has 0 saturated carbocycles. The van der Waals surface area contributed by atoms with Crippen LogP contribution in [0.4, 0.5) is 5.13 Å². The van der Waals surface area contributed by atoms with E-state index in [1.165, 1.54) is 30.6 Å². The minimum atomic E-state index is 0.0487. The van der Waals surface area contributed by atoms with Gasteiger partial charge in [0.15, 0.2) is 0 Å². The molecule has 0 spiro atoms. The molecule has 16 heavy (non-hydrogen) atoms. The third-order valence-corrected chi connectivity index (χ3v) is 3.03. The predicted octanol–water partition coefficient (Wildman–Crippen LogP) is 3.15. The molecular weight excluding hydrogens is 222 g/mol. The summed E-state index contributed by atoms with van der Waals surface area (Å²) in [4.78, 5) is 11.5. The van der Waals surface area contributed by atoms with E-state index in [0.29, 0.717) is 11.6 Å². The Kier molecular flexibility index (Phi) is 6.00.